The molecule has 138 valence electrons. The predicted molar refractivity (Wildman–Crippen MR) is 105 cm³/mol. The number of fused-ring (bicyclic) bond motifs is 5. The minimum atomic E-state index is 0.137. The molecule has 4 rings (SSSR count). The van der Waals surface area contributed by atoms with Crippen LogP contribution in [0.5, 0.6) is 5.75 Å². The smallest absolute Gasteiger partial charge is 0.122 e. The fourth-order valence-corrected chi connectivity index (χ4v) is 6.62. The molecule has 1 nitrogen and oxygen atoms in total. The van der Waals surface area contributed by atoms with Crippen LogP contribution < -0.4 is 4.74 Å². The number of methoxy groups -OCH3 is 1. The molecule has 0 N–H and O–H groups in total. The van der Waals surface area contributed by atoms with Gasteiger partial charge in [-0.15, -0.1) is 0 Å². The van der Waals surface area contributed by atoms with Crippen LogP contribution >= 0.6 is 0 Å². The molecule has 1 heteroatoms. The van der Waals surface area contributed by atoms with Crippen LogP contribution in [0.2, 0.25) is 0 Å². The number of rotatable bonds is 1. The van der Waals surface area contributed by atoms with Gasteiger partial charge in [0.2, 0.25) is 0 Å². The lowest BCUT2D eigenvalue weighted by atomic mass is 9.54. The summed E-state index contributed by atoms with van der Waals surface area (Å²) >= 11 is 0. The summed E-state index contributed by atoms with van der Waals surface area (Å²) in [6.45, 7) is 12.1. The van der Waals surface area contributed by atoms with Gasteiger partial charge < -0.3 is 4.74 Å². The Morgan fingerprint density at radius 2 is 1.84 bits per heavy atom. The van der Waals surface area contributed by atoms with Gasteiger partial charge in [-0.25, -0.2) is 0 Å². The molecule has 0 aromatic heterocycles. The van der Waals surface area contributed by atoms with E-state index in [9.17, 15) is 0 Å². The molecule has 0 heterocycles. The van der Waals surface area contributed by atoms with Crippen molar-refractivity contribution in [3.05, 3.63) is 28.8 Å². The van der Waals surface area contributed by atoms with Gasteiger partial charge in [-0.05, 0) is 95.8 Å². The predicted octanol–water partition coefficient (Wildman–Crippen LogP) is 6.48. The third-order valence-corrected chi connectivity index (χ3v) is 8.33. The molecule has 5 atom stereocenters. The minimum Gasteiger partial charge on any atom is -0.496 e. The van der Waals surface area contributed by atoms with Crippen molar-refractivity contribution < 1.29 is 4.74 Å². The van der Waals surface area contributed by atoms with Crippen LogP contribution in [-0.2, 0) is 11.8 Å². The zero-order valence-corrected chi connectivity index (χ0v) is 17.1. The number of benzene rings is 1. The van der Waals surface area contributed by atoms with Gasteiger partial charge in [0.1, 0.15) is 5.75 Å². The molecule has 3 unspecified atom stereocenters. The van der Waals surface area contributed by atoms with Crippen molar-refractivity contribution in [3.8, 4) is 5.75 Å². The highest BCUT2D eigenvalue weighted by atomic mass is 16.5. The maximum atomic E-state index is 5.77. The van der Waals surface area contributed by atoms with E-state index in [2.05, 4.69) is 46.8 Å². The van der Waals surface area contributed by atoms with Gasteiger partial charge in [0.25, 0.3) is 0 Å². The highest BCUT2D eigenvalue weighted by Gasteiger charge is 2.53. The lowest BCUT2D eigenvalue weighted by Gasteiger charge is -2.51. The van der Waals surface area contributed by atoms with Crippen LogP contribution in [0.3, 0.4) is 0 Å². The first-order valence-corrected chi connectivity index (χ1v) is 10.5. The van der Waals surface area contributed by atoms with E-state index in [1.165, 1.54) is 44.1 Å². The standard InChI is InChI=1S/C24H36O/c1-15-7-10-20-18-9-8-16-13-22(25-6)21(23(2,3)4)14-19(16)17(18)11-12-24(15,20)5/h13-15,17-18,20H,7-12H2,1-6H3/t15-,17?,18?,20?,24+/m0/s1. The summed E-state index contributed by atoms with van der Waals surface area (Å²) in [5.41, 5.74) is 5.38. The molecule has 3 aliphatic rings. The summed E-state index contributed by atoms with van der Waals surface area (Å²) in [5.74, 6) is 4.67. The number of ether oxygens (including phenoxy) is 1. The fraction of sp³-hybridized carbons (Fsp3) is 0.750. The number of aryl methyl sites for hydroxylation is 1. The topological polar surface area (TPSA) is 9.23 Å². The zero-order chi connectivity index (χ0) is 18.0. The fourth-order valence-electron chi connectivity index (χ4n) is 6.62. The molecular formula is C24H36O. The Labute approximate surface area is 154 Å². The maximum Gasteiger partial charge on any atom is 0.122 e. The van der Waals surface area contributed by atoms with Crippen LogP contribution in [0.1, 0.15) is 89.3 Å². The molecular weight excluding hydrogens is 304 g/mol. The van der Waals surface area contributed by atoms with E-state index < -0.39 is 0 Å². The molecule has 2 fully saturated rings. The highest BCUT2D eigenvalue weighted by molar-refractivity contribution is 5.49. The van der Waals surface area contributed by atoms with Crippen LogP contribution in [-0.4, -0.2) is 7.11 Å². The van der Waals surface area contributed by atoms with E-state index in [-0.39, 0.29) is 5.41 Å². The minimum absolute atomic E-state index is 0.137. The van der Waals surface area contributed by atoms with Crippen molar-refractivity contribution in [1.29, 1.82) is 0 Å². The van der Waals surface area contributed by atoms with Crippen molar-refractivity contribution in [2.75, 3.05) is 7.11 Å². The SMILES string of the molecule is COc1cc2c(cc1C(C)(C)C)C1CC[C@@]3(C)C(CC[C@@H]3C)C1CC2. The largest absolute Gasteiger partial charge is 0.496 e. The number of hydrogen-bond donors (Lipinski definition) is 0. The second kappa shape index (κ2) is 5.76. The molecule has 3 aliphatic carbocycles. The van der Waals surface area contributed by atoms with Gasteiger partial charge in [0.15, 0.2) is 0 Å². The Morgan fingerprint density at radius 3 is 2.52 bits per heavy atom. The third-order valence-electron chi connectivity index (χ3n) is 8.33. The lowest BCUT2D eigenvalue weighted by Crippen LogP contribution is -2.41. The van der Waals surface area contributed by atoms with Crippen molar-refractivity contribution in [2.24, 2.45) is 23.2 Å². The van der Waals surface area contributed by atoms with E-state index >= 15 is 0 Å². The maximum absolute atomic E-state index is 5.77. The molecule has 1 aromatic carbocycles. The summed E-state index contributed by atoms with van der Waals surface area (Å²) in [5, 5.41) is 0. The second-order valence-corrected chi connectivity index (χ2v) is 10.4. The molecule has 2 saturated carbocycles. The summed E-state index contributed by atoms with van der Waals surface area (Å²) in [7, 11) is 1.83. The molecule has 25 heavy (non-hydrogen) atoms. The average molecular weight is 341 g/mol. The third kappa shape index (κ3) is 2.56. The van der Waals surface area contributed by atoms with Crippen molar-refractivity contribution in [1.82, 2.24) is 0 Å². The quantitative estimate of drug-likeness (QED) is 0.568. The van der Waals surface area contributed by atoms with Gasteiger partial charge in [0, 0.05) is 0 Å². The lowest BCUT2D eigenvalue weighted by molar-refractivity contribution is 0.0336. The van der Waals surface area contributed by atoms with Gasteiger partial charge in [-0.2, -0.15) is 0 Å². The van der Waals surface area contributed by atoms with Crippen LogP contribution in [0.15, 0.2) is 12.1 Å². The van der Waals surface area contributed by atoms with Crippen LogP contribution in [0.4, 0.5) is 0 Å². The molecule has 1 aromatic rings. The highest BCUT2D eigenvalue weighted by Crippen LogP contribution is 2.63. The Morgan fingerprint density at radius 1 is 1.08 bits per heavy atom. The summed E-state index contributed by atoms with van der Waals surface area (Å²) in [6.07, 6.45) is 8.38. The first-order valence-electron chi connectivity index (χ1n) is 10.5. The van der Waals surface area contributed by atoms with Gasteiger partial charge in [-0.1, -0.05) is 40.7 Å². The first-order chi connectivity index (χ1) is 11.8. The van der Waals surface area contributed by atoms with E-state index in [0.717, 1.165) is 29.4 Å². The molecule has 0 spiro atoms. The van der Waals surface area contributed by atoms with Gasteiger partial charge in [0.05, 0.1) is 7.11 Å². The van der Waals surface area contributed by atoms with Gasteiger partial charge in [-0.3, -0.25) is 0 Å². The second-order valence-electron chi connectivity index (χ2n) is 10.4. The van der Waals surface area contributed by atoms with Gasteiger partial charge >= 0.3 is 0 Å². The summed E-state index contributed by atoms with van der Waals surface area (Å²) in [4.78, 5) is 0. The first kappa shape index (κ1) is 17.4. The average Bonchev–Trinajstić information content (AvgIpc) is 2.88. The van der Waals surface area contributed by atoms with Crippen LogP contribution in [0.25, 0.3) is 0 Å². The van der Waals surface area contributed by atoms with E-state index in [1.54, 1.807) is 11.1 Å². The molecule has 0 radical (unpaired) electrons. The summed E-state index contributed by atoms with van der Waals surface area (Å²) in [6, 6.07) is 4.91. The monoisotopic (exact) mass is 340 g/mol. The molecule has 0 amide bonds. The summed E-state index contributed by atoms with van der Waals surface area (Å²) < 4.78 is 5.77. The molecule has 0 saturated heterocycles. The van der Waals surface area contributed by atoms with Crippen molar-refractivity contribution in [3.63, 3.8) is 0 Å². The van der Waals surface area contributed by atoms with Crippen molar-refractivity contribution in [2.45, 2.75) is 84.5 Å². The normalized spacial score (nSPS) is 37.2. The van der Waals surface area contributed by atoms with E-state index in [1.807, 2.05) is 7.11 Å². The zero-order valence-electron chi connectivity index (χ0n) is 17.1. The Balaban J connectivity index is 1.75. The molecule has 0 aliphatic heterocycles. The molecule has 0 bridgehead atoms. The van der Waals surface area contributed by atoms with Crippen LogP contribution in [0, 0.1) is 23.2 Å². The Hall–Kier alpha value is -0.980. The Bertz CT molecular complexity index is 667. The Kier molecular flexibility index (Phi) is 4.02. The number of hydrogen-bond acceptors (Lipinski definition) is 1. The van der Waals surface area contributed by atoms with Crippen molar-refractivity contribution >= 4 is 0 Å². The van der Waals surface area contributed by atoms with E-state index in [4.69, 9.17) is 4.74 Å². The van der Waals surface area contributed by atoms with E-state index in [0.29, 0.717) is 5.41 Å².